The summed E-state index contributed by atoms with van der Waals surface area (Å²) in [7, 11) is -2.61. The van der Waals surface area contributed by atoms with Gasteiger partial charge in [-0.25, -0.2) is 0 Å². The third-order valence-corrected chi connectivity index (χ3v) is 7.21. The summed E-state index contributed by atoms with van der Waals surface area (Å²) in [6, 6.07) is 9.71. The summed E-state index contributed by atoms with van der Waals surface area (Å²) in [5, 5.41) is -0.861. The fraction of sp³-hybridized carbons (Fsp3) is 0.647. The smallest absolute Gasteiger partial charge is 0.321 e. The summed E-state index contributed by atoms with van der Waals surface area (Å²) in [6.45, 7) is 12.4. The Kier molecular flexibility index (Phi) is 5.16. The van der Waals surface area contributed by atoms with E-state index in [-0.39, 0.29) is 10.8 Å². The molecular weight excluding hydrogens is 267 g/mol. The predicted molar refractivity (Wildman–Crippen MR) is 83.9 cm³/mol. The van der Waals surface area contributed by atoms with E-state index in [1.165, 1.54) is 0 Å². The normalized spacial score (nSPS) is 14.2. The molecule has 0 radical (unpaired) electrons. The monoisotopic (exact) mass is 294 g/mol. The molecule has 20 heavy (non-hydrogen) atoms. The lowest BCUT2D eigenvalue weighted by Gasteiger charge is -2.49. The maximum absolute atomic E-state index is 12.5. The third-order valence-electron chi connectivity index (χ3n) is 5.19. The molecule has 1 unspecified atom stereocenters. The molecule has 1 aromatic carbocycles. The molecule has 0 aromatic heterocycles. The van der Waals surface area contributed by atoms with Gasteiger partial charge in [-0.1, -0.05) is 76.4 Å². The largest absolute Gasteiger partial charge is 0.595 e. The molecule has 0 aliphatic rings. The maximum atomic E-state index is 12.5. The molecule has 0 fully saturated rings. The van der Waals surface area contributed by atoms with Gasteiger partial charge in [0.05, 0.1) is 0 Å². The Morgan fingerprint density at radius 3 is 1.65 bits per heavy atom. The molecule has 0 N–H and O–H groups in total. The van der Waals surface area contributed by atoms with E-state index in [1.54, 1.807) is 0 Å². The Morgan fingerprint density at radius 1 is 0.950 bits per heavy atom. The molecule has 1 atom stereocenters. The number of benzene rings is 1. The Balaban J connectivity index is 3.75. The Hall–Kier alpha value is -0.720. The van der Waals surface area contributed by atoms with Gasteiger partial charge in [0.1, 0.15) is 0 Å². The average Bonchev–Trinajstić information content (AvgIpc) is 2.39. The second-order valence-electron chi connectivity index (χ2n) is 6.81. The molecule has 1 aromatic rings. The van der Waals surface area contributed by atoms with Crippen molar-refractivity contribution in [3.63, 3.8) is 0 Å². The quantitative estimate of drug-likeness (QED) is 0.703. The van der Waals surface area contributed by atoms with Crippen molar-refractivity contribution in [3.05, 3.63) is 35.9 Å². The zero-order chi connectivity index (χ0) is 15.6. The number of hydrogen-bond acceptors (Lipinski definition) is 2. The predicted octanol–water partition coefficient (Wildman–Crippen LogP) is 4.86. The van der Waals surface area contributed by atoms with Crippen molar-refractivity contribution in [1.29, 1.82) is 0 Å². The molecule has 0 spiro atoms. The van der Waals surface area contributed by atoms with Gasteiger partial charge >= 0.3 is 8.03 Å². The molecule has 0 saturated carbocycles. The van der Waals surface area contributed by atoms with Crippen molar-refractivity contribution >= 4 is 8.03 Å². The van der Waals surface area contributed by atoms with Crippen LogP contribution < -0.4 is 4.89 Å². The van der Waals surface area contributed by atoms with Crippen LogP contribution in [-0.4, -0.2) is 0 Å². The summed E-state index contributed by atoms with van der Waals surface area (Å²) in [4.78, 5) is 12.5. The first-order valence-corrected chi connectivity index (χ1v) is 8.55. The maximum Gasteiger partial charge on any atom is 0.321 e. The lowest BCUT2D eigenvalue weighted by Crippen LogP contribution is -2.51. The lowest BCUT2D eigenvalue weighted by molar-refractivity contribution is -0.179. The fourth-order valence-electron chi connectivity index (χ4n) is 3.49. The van der Waals surface area contributed by atoms with Crippen molar-refractivity contribution in [2.75, 3.05) is 0 Å². The van der Waals surface area contributed by atoms with Crippen LogP contribution in [0.4, 0.5) is 0 Å². The van der Waals surface area contributed by atoms with Crippen LogP contribution in [0.5, 0.6) is 0 Å². The van der Waals surface area contributed by atoms with E-state index >= 15 is 0 Å². The molecule has 0 amide bonds. The van der Waals surface area contributed by atoms with Crippen molar-refractivity contribution in [2.24, 2.45) is 10.8 Å². The zero-order valence-corrected chi connectivity index (χ0v) is 14.5. The molecule has 0 aliphatic heterocycles. The van der Waals surface area contributed by atoms with E-state index in [4.69, 9.17) is 0 Å². The van der Waals surface area contributed by atoms with Crippen LogP contribution in [0.2, 0.25) is 0 Å². The van der Waals surface area contributed by atoms with Gasteiger partial charge in [-0.3, -0.25) is 0 Å². The fourth-order valence-corrected chi connectivity index (χ4v) is 5.15. The van der Waals surface area contributed by atoms with E-state index in [9.17, 15) is 9.46 Å². The van der Waals surface area contributed by atoms with Gasteiger partial charge in [-0.05, 0) is 12.8 Å². The second-order valence-corrected chi connectivity index (χ2v) is 7.99. The Labute approximate surface area is 124 Å². The third kappa shape index (κ3) is 2.44. The first-order chi connectivity index (χ1) is 9.17. The van der Waals surface area contributed by atoms with Gasteiger partial charge in [0.2, 0.25) is 0 Å². The molecule has 2 nitrogen and oxygen atoms in total. The topological polar surface area (TPSA) is 40.1 Å². The van der Waals surface area contributed by atoms with Crippen molar-refractivity contribution < 1.29 is 9.46 Å². The first-order valence-electron chi connectivity index (χ1n) is 7.37. The van der Waals surface area contributed by atoms with Gasteiger partial charge in [0, 0.05) is 16.4 Å². The van der Waals surface area contributed by atoms with Gasteiger partial charge in [0.15, 0.2) is 5.16 Å². The minimum Gasteiger partial charge on any atom is -0.595 e. The van der Waals surface area contributed by atoms with Crippen LogP contribution in [0.25, 0.3) is 0 Å². The van der Waals surface area contributed by atoms with Gasteiger partial charge in [0.25, 0.3) is 0 Å². The summed E-state index contributed by atoms with van der Waals surface area (Å²) in [5.74, 6) is 0. The number of hydrogen-bond donors (Lipinski definition) is 0. The molecule has 112 valence electrons. The molecule has 0 bridgehead atoms. The highest BCUT2D eigenvalue weighted by Gasteiger charge is 2.64. The van der Waals surface area contributed by atoms with Gasteiger partial charge < -0.3 is 4.89 Å². The van der Waals surface area contributed by atoms with Crippen molar-refractivity contribution in [3.8, 4) is 0 Å². The van der Waals surface area contributed by atoms with Crippen LogP contribution in [0.3, 0.4) is 0 Å². The number of rotatable bonds is 6. The van der Waals surface area contributed by atoms with E-state index in [0.717, 1.165) is 18.4 Å². The summed E-state index contributed by atoms with van der Waals surface area (Å²) in [5.41, 5.74) is 0.251. The SMILES string of the molecule is CCC(C)(C)C(c1ccccc1)([P+](=O)[O-])C(C)(C)CC. The lowest BCUT2D eigenvalue weighted by atomic mass is 9.59. The highest BCUT2D eigenvalue weighted by Crippen LogP contribution is 2.65. The molecule has 1 rings (SSSR count). The van der Waals surface area contributed by atoms with Gasteiger partial charge in [-0.2, -0.15) is 0 Å². The summed E-state index contributed by atoms with van der Waals surface area (Å²) < 4.78 is 12.5. The zero-order valence-electron chi connectivity index (χ0n) is 13.6. The van der Waals surface area contributed by atoms with Crippen LogP contribution in [0.1, 0.15) is 59.9 Å². The standard InChI is InChI=1S/C17H27O2P/c1-7-15(3,4)17(20(18)19,16(5,6)8-2)14-12-10-9-11-13-14/h9-13H,7-8H2,1-6H3. The van der Waals surface area contributed by atoms with E-state index in [2.05, 4.69) is 41.5 Å². The summed E-state index contributed by atoms with van der Waals surface area (Å²) >= 11 is 0. The first kappa shape index (κ1) is 17.3. The minimum atomic E-state index is -2.61. The molecular formula is C17H27O2P. The highest BCUT2D eigenvalue weighted by atomic mass is 31.1. The molecule has 0 saturated heterocycles. The average molecular weight is 294 g/mol. The van der Waals surface area contributed by atoms with Crippen LogP contribution in [0, 0.1) is 10.8 Å². The molecule has 0 aliphatic carbocycles. The molecule has 3 heteroatoms. The van der Waals surface area contributed by atoms with Crippen LogP contribution >= 0.6 is 8.03 Å². The highest BCUT2D eigenvalue weighted by molar-refractivity contribution is 7.38. The Bertz CT molecular complexity index is 447. The minimum absolute atomic E-state index is 0.330. The Morgan fingerprint density at radius 2 is 1.35 bits per heavy atom. The van der Waals surface area contributed by atoms with E-state index in [1.807, 2.05) is 30.3 Å². The second kappa shape index (κ2) is 5.95. The van der Waals surface area contributed by atoms with Crippen molar-refractivity contribution in [1.82, 2.24) is 0 Å². The molecule has 0 heterocycles. The van der Waals surface area contributed by atoms with Crippen LogP contribution in [-0.2, 0) is 9.72 Å². The van der Waals surface area contributed by atoms with E-state index in [0.29, 0.717) is 0 Å². The van der Waals surface area contributed by atoms with Crippen LogP contribution in [0.15, 0.2) is 30.3 Å². The van der Waals surface area contributed by atoms with E-state index < -0.39 is 13.2 Å². The summed E-state index contributed by atoms with van der Waals surface area (Å²) in [6.07, 6.45) is 1.63. The van der Waals surface area contributed by atoms with Gasteiger partial charge in [-0.15, -0.1) is 0 Å². The van der Waals surface area contributed by atoms with Crippen molar-refractivity contribution in [2.45, 2.75) is 59.5 Å².